The van der Waals surface area contributed by atoms with Gasteiger partial charge in [-0.25, -0.2) is 14.6 Å². The van der Waals surface area contributed by atoms with Crippen LogP contribution in [0.1, 0.15) is 58.6 Å². The maximum Gasteiger partial charge on any atom is 0.317 e. The van der Waals surface area contributed by atoms with Crippen molar-refractivity contribution < 1.29 is 29.0 Å². The largest absolute Gasteiger partial charge is 0.391 e. The van der Waals surface area contributed by atoms with Crippen molar-refractivity contribution in [1.82, 2.24) is 36.2 Å². The highest BCUT2D eigenvalue weighted by Gasteiger charge is 2.32. The predicted molar refractivity (Wildman–Crippen MR) is 173 cm³/mol. The van der Waals surface area contributed by atoms with Crippen molar-refractivity contribution in [3.8, 4) is 0 Å². The molecule has 254 valence electrons. The minimum atomic E-state index is -1.02. The molecule has 0 aliphatic carbocycles. The van der Waals surface area contributed by atoms with Crippen molar-refractivity contribution >= 4 is 23.9 Å². The number of ether oxygens (including phenoxy) is 1. The maximum absolute atomic E-state index is 13.5. The van der Waals surface area contributed by atoms with Gasteiger partial charge in [0.05, 0.1) is 12.1 Å². The molecule has 0 spiro atoms. The lowest BCUT2D eigenvalue weighted by Crippen LogP contribution is -2.57. The van der Waals surface area contributed by atoms with Crippen LogP contribution in [-0.2, 0) is 14.3 Å². The van der Waals surface area contributed by atoms with Gasteiger partial charge in [0.25, 0.3) is 5.91 Å². The Morgan fingerprint density at radius 3 is 1.82 bits per heavy atom. The number of hydrazine groups is 1. The molecule has 13 heteroatoms. The number of rotatable bonds is 15. The smallest absolute Gasteiger partial charge is 0.317 e. The van der Waals surface area contributed by atoms with Crippen LogP contribution in [0.2, 0.25) is 0 Å². The van der Waals surface area contributed by atoms with Crippen LogP contribution in [0.5, 0.6) is 0 Å². The van der Waals surface area contributed by atoms with Crippen molar-refractivity contribution in [2.24, 2.45) is 17.8 Å². The van der Waals surface area contributed by atoms with Crippen molar-refractivity contribution in [3.05, 3.63) is 35.9 Å². The summed E-state index contributed by atoms with van der Waals surface area (Å²) in [6.45, 7) is 9.55. The van der Waals surface area contributed by atoms with Crippen LogP contribution >= 0.6 is 0 Å². The molecule has 1 aromatic carbocycles. The minimum absolute atomic E-state index is 0.163. The molecule has 0 radical (unpaired) electrons. The highest BCUT2D eigenvalue weighted by molar-refractivity contribution is 5.88. The molecule has 1 saturated heterocycles. The zero-order valence-electron chi connectivity index (χ0n) is 28.2. The van der Waals surface area contributed by atoms with E-state index in [1.807, 2.05) is 58.0 Å². The first-order valence-corrected chi connectivity index (χ1v) is 15.8. The van der Waals surface area contributed by atoms with E-state index in [-0.39, 0.29) is 42.1 Å². The van der Waals surface area contributed by atoms with Gasteiger partial charge in [0.1, 0.15) is 12.1 Å². The lowest BCUT2D eigenvalue weighted by atomic mass is 9.96. The van der Waals surface area contributed by atoms with Gasteiger partial charge in [-0.2, -0.15) is 0 Å². The number of aliphatic hydroxyl groups excluding tert-OH is 1. The summed E-state index contributed by atoms with van der Waals surface area (Å²) in [7, 11) is 6.44. The summed E-state index contributed by atoms with van der Waals surface area (Å²) >= 11 is 0. The molecule has 1 fully saturated rings. The zero-order chi connectivity index (χ0) is 33.7. The second-order valence-electron chi connectivity index (χ2n) is 12.9. The van der Waals surface area contributed by atoms with E-state index in [9.17, 15) is 24.3 Å². The van der Waals surface area contributed by atoms with E-state index in [1.54, 1.807) is 33.2 Å². The summed E-state index contributed by atoms with van der Waals surface area (Å²) in [5.74, 6) is -0.830. The Labute approximate surface area is 268 Å². The molecule has 1 aliphatic heterocycles. The van der Waals surface area contributed by atoms with Crippen molar-refractivity contribution in [1.29, 1.82) is 0 Å². The van der Waals surface area contributed by atoms with E-state index in [2.05, 4.69) is 21.4 Å². The molecule has 0 aromatic heterocycles. The molecule has 45 heavy (non-hydrogen) atoms. The normalized spacial score (nSPS) is 16.4. The summed E-state index contributed by atoms with van der Waals surface area (Å²) in [6.07, 6.45) is 0.892. The molecule has 1 aromatic rings. The van der Waals surface area contributed by atoms with Gasteiger partial charge in [0.2, 0.25) is 5.91 Å². The average molecular weight is 634 g/mol. The van der Waals surface area contributed by atoms with E-state index in [0.717, 1.165) is 12.8 Å². The van der Waals surface area contributed by atoms with E-state index in [1.165, 1.54) is 9.80 Å². The predicted octanol–water partition coefficient (Wildman–Crippen LogP) is 1.95. The Balaban J connectivity index is 2.24. The van der Waals surface area contributed by atoms with Gasteiger partial charge in [-0.3, -0.25) is 15.0 Å². The fourth-order valence-corrected chi connectivity index (χ4v) is 5.01. The molecule has 6 amide bonds. The summed E-state index contributed by atoms with van der Waals surface area (Å²) in [5, 5.41) is 21.9. The Hall–Kier alpha value is -3.42. The van der Waals surface area contributed by atoms with E-state index < -0.39 is 30.1 Å². The number of hydrogen-bond acceptors (Lipinski definition) is 7. The van der Waals surface area contributed by atoms with Gasteiger partial charge in [-0.1, -0.05) is 58.0 Å². The molecule has 4 unspecified atom stereocenters. The first-order valence-electron chi connectivity index (χ1n) is 15.8. The monoisotopic (exact) mass is 633 g/mol. The Kier molecular flexibility index (Phi) is 15.5. The standard InChI is InChI=1S/C32H55N7O6/c1-21(2)26(34-31(43)37(5)6)29(41)33-28(24-12-10-9-11-13-24)25(40)14-17-39(20-23-15-18-45-19-16-23)36-30(42)27(22(3)4)35-32(44)38(7)8/h9-13,21-23,25-28,40H,14-20H2,1-8H3,(H,33,41)(H,34,43)(H,35,44)(H,36,42). The second-order valence-corrected chi connectivity index (χ2v) is 12.9. The summed E-state index contributed by atoms with van der Waals surface area (Å²) in [6, 6.07) is 6.10. The van der Waals surface area contributed by atoms with Crippen LogP contribution in [0.15, 0.2) is 30.3 Å². The van der Waals surface area contributed by atoms with Crippen LogP contribution in [0.4, 0.5) is 9.59 Å². The number of aliphatic hydroxyl groups is 1. The van der Waals surface area contributed by atoms with E-state index in [0.29, 0.717) is 31.9 Å². The van der Waals surface area contributed by atoms with Gasteiger partial charge in [0.15, 0.2) is 0 Å². The highest BCUT2D eigenvalue weighted by atomic mass is 16.5. The molecule has 4 atom stereocenters. The molecular weight excluding hydrogens is 578 g/mol. The molecule has 1 heterocycles. The molecule has 13 nitrogen and oxygen atoms in total. The third-order valence-electron chi connectivity index (χ3n) is 7.89. The molecular formula is C32H55N7O6. The number of nitrogens with one attached hydrogen (secondary N) is 4. The molecule has 2 rings (SSSR count). The lowest BCUT2D eigenvalue weighted by Gasteiger charge is -2.34. The fourth-order valence-electron chi connectivity index (χ4n) is 5.01. The second kappa shape index (κ2) is 18.5. The van der Waals surface area contributed by atoms with Crippen LogP contribution in [-0.4, -0.2) is 116 Å². The Morgan fingerprint density at radius 2 is 1.33 bits per heavy atom. The summed E-state index contributed by atoms with van der Waals surface area (Å²) in [5.41, 5.74) is 3.71. The Morgan fingerprint density at radius 1 is 0.822 bits per heavy atom. The van der Waals surface area contributed by atoms with Crippen LogP contribution in [0.25, 0.3) is 0 Å². The van der Waals surface area contributed by atoms with Gasteiger partial charge >= 0.3 is 12.1 Å². The van der Waals surface area contributed by atoms with Crippen LogP contribution < -0.4 is 21.4 Å². The first-order chi connectivity index (χ1) is 21.2. The zero-order valence-corrected chi connectivity index (χ0v) is 28.2. The SMILES string of the molecule is CC(C)C(NC(=O)N(C)C)C(=O)NC(c1ccccc1)C(O)CCN(CC1CCOCC1)NC(=O)C(NC(=O)N(C)C)C(C)C. The van der Waals surface area contributed by atoms with Crippen molar-refractivity contribution in [3.63, 3.8) is 0 Å². The fraction of sp³-hybridized carbons (Fsp3) is 0.688. The summed E-state index contributed by atoms with van der Waals surface area (Å²) in [4.78, 5) is 54.4. The van der Waals surface area contributed by atoms with Gasteiger partial charge < -0.3 is 35.6 Å². The van der Waals surface area contributed by atoms with E-state index >= 15 is 0 Å². The first kappa shape index (κ1) is 37.8. The van der Waals surface area contributed by atoms with E-state index in [4.69, 9.17) is 4.74 Å². The molecule has 5 N–H and O–H groups in total. The number of amides is 6. The molecule has 0 saturated carbocycles. The topological polar surface area (TPSA) is 156 Å². The third kappa shape index (κ3) is 12.5. The number of nitrogens with zero attached hydrogens (tertiary/aromatic N) is 3. The number of urea groups is 2. The maximum atomic E-state index is 13.5. The quantitative estimate of drug-likeness (QED) is 0.185. The number of benzene rings is 1. The Bertz CT molecular complexity index is 1080. The lowest BCUT2D eigenvalue weighted by molar-refractivity contribution is -0.129. The number of carbonyl (C=O) groups is 4. The van der Waals surface area contributed by atoms with Gasteiger partial charge in [-0.05, 0) is 42.6 Å². The third-order valence-corrected chi connectivity index (χ3v) is 7.89. The van der Waals surface area contributed by atoms with Crippen LogP contribution in [0, 0.1) is 17.8 Å². The highest BCUT2D eigenvalue weighted by Crippen LogP contribution is 2.22. The van der Waals surface area contributed by atoms with Gasteiger partial charge in [-0.15, -0.1) is 0 Å². The molecule has 1 aliphatic rings. The van der Waals surface area contributed by atoms with Crippen molar-refractivity contribution in [2.45, 2.75) is 71.2 Å². The van der Waals surface area contributed by atoms with Crippen molar-refractivity contribution in [2.75, 3.05) is 54.5 Å². The van der Waals surface area contributed by atoms with Gasteiger partial charge in [0, 0.05) is 54.5 Å². The van der Waals surface area contributed by atoms with Crippen LogP contribution in [0.3, 0.4) is 0 Å². The molecule has 0 bridgehead atoms. The number of hydrogen-bond donors (Lipinski definition) is 5. The number of carbonyl (C=O) groups excluding carboxylic acids is 4. The average Bonchev–Trinajstić information content (AvgIpc) is 2.99. The minimum Gasteiger partial charge on any atom is -0.391 e. The summed E-state index contributed by atoms with van der Waals surface area (Å²) < 4.78 is 5.52.